The van der Waals surface area contributed by atoms with Crippen LogP contribution in [0.5, 0.6) is 5.75 Å². The fourth-order valence-corrected chi connectivity index (χ4v) is 8.07. The molecule has 4 rings (SSSR count). The van der Waals surface area contributed by atoms with E-state index >= 15 is 4.39 Å². The van der Waals surface area contributed by atoms with E-state index in [4.69, 9.17) is 15.5 Å². The van der Waals surface area contributed by atoms with E-state index in [-0.39, 0.29) is 22.3 Å². The molecule has 178 valence electrons. The van der Waals surface area contributed by atoms with Gasteiger partial charge in [-0.25, -0.2) is 9.37 Å². The van der Waals surface area contributed by atoms with E-state index in [0.717, 1.165) is 0 Å². The molecule has 1 fully saturated rings. The number of nitrogens with zero attached hydrogens (tertiary/aromatic N) is 2. The van der Waals surface area contributed by atoms with Crippen molar-refractivity contribution in [1.29, 1.82) is 0 Å². The third kappa shape index (κ3) is 3.56. The Morgan fingerprint density at radius 3 is 2.76 bits per heavy atom. The number of pyridine rings is 1. The molecule has 2 aliphatic rings. The number of methoxy groups -OCH3 is 1. The molecular formula is C23H30FN5O3S. The Kier molecular flexibility index (Phi) is 5.66. The van der Waals surface area contributed by atoms with Crippen molar-refractivity contribution in [1.82, 2.24) is 9.71 Å². The SMILES string of the molecule is COc1cnc(C(=O)Nc2ccc(F)c([C@@]3(C)N=C(N)C(C)(C)S4(O)NCC[C@@H]34)c2)c(C)c1. The molecule has 2 aromatic rings. The smallest absolute Gasteiger partial charge is 0.274 e. The Labute approximate surface area is 194 Å². The number of aromatic nitrogens is 1. The zero-order chi connectivity index (χ0) is 24.2. The summed E-state index contributed by atoms with van der Waals surface area (Å²) in [5.41, 5.74) is 6.79. The van der Waals surface area contributed by atoms with Crippen molar-refractivity contribution in [3.63, 3.8) is 0 Å². The summed E-state index contributed by atoms with van der Waals surface area (Å²) in [5, 5.41) is 2.46. The van der Waals surface area contributed by atoms with Crippen molar-refractivity contribution in [2.24, 2.45) is 10.7 Å². The van der Waals surface area contributed by atoms with Gasteiger partial charge in [0.1, 0.15) is 28.6 Å². The average Bonchev–Trinajstić information content (AvgIpc) is 3.18. The van der Waals surface area contributed by atoms with Gasteiger partial charge in [-0.2, -0.15) is 0 Å². The van der Waals surface area contributed by atoms with Gasteiger partial charge in [0.25, 0.3) is 5.91 Å². The molecule has 1 unspecified atom stereocenters. The number of amidine groups is 1. The van der Waals surface area contributed by atoms with Crippen molar-refractivity contribution in [2.45, 2.75) is 49.7 Å². The minimum absolute atomic E-state index is 0.244. The highest BCUT2D eigenvalue weighted by Gasteiger charge is 2.60. The number of aryl methyl sites for hydroxylation is 1. The molecule has 8 nitrogen and oxygen atoms in total. The minimum Gasteiger partial charge on any atom is -0.495 e. The summed E-state index contributed by atoms with van der Waals surface area (Å²) in [4.78, 5) is 21.8. The summed E-state index contributed by atoms with van der Waals surface area (Å²) >= 11 is 0. The minimum atomic E-state index is -2.42. The maximum atomic E-state index is 15.2. The second-order valence-electron chi connectivity index (χ2n) is 9.14. The largest absolute Gasteiger partial charge is 0.495 e. The molecule has 3 atom stereocenters. The number of rotatable bonds is 4. The number of hydrogen-bond acceptors (Lipinski definition) is 7. The van der Waals surface area contributed by atoms with Crippen molar-refractivity contribution in [2.75, 3.05) is 19.0 Å². The van der Waals surface area contributed by atoms with E-state index in [9.17, 15) is 9.35 Å². The molecule has 33 heavy (non-hydrogen) atoms. The number of carbonyl (C=O) groups excluding carboxylic acids is 1. The van der Waals surface area contributed by atoms with E-state index in [2.05, 4.69) is 15.0 Å². The zero-order valence-electron chi connectivity index (χ0n) is 19.4. The number of nitrogens with one attached hydrogen (secondary N) is 2. The summed E-state index contributed by atoms with van der Waals surface area (Å²) in [6.07, 6.45) is 2.10. The lowest BCUT2D eigenvalue weighted by atomic mass is 9.85. The third-order valence-corrected chi connectivity index (χ3v) is 10.7. The summed E-state index contributed by atoms with van der Waals surface area (Å²) in [5.74, 6) is -0.0635. The Morgan fingerprint density at radius 1 is 1.36 bits per heavy atom. The number of anilines is 1. The molecule has 0 spiro atoms. The van der Waals surface area contributed by atoms with Crippen LogP contribution in [0.25, 0.3) is 0 Å². The number of fused-ring (bicyclic) bond motifs is 1. The van der Waals surface area contributed by atoms with Gasteiger partial charge < -0.3 is 20.3 Å². The van der Waals surface area contributed by atoms with Gasteiger partial charge in [-0.1, -0.05) is 10.5 Å². The standard InChI is InChI=1S/C23H30FN5O3S/c1-13-10-15(32-5)12-26-19(13)20(30)28-14-6-7-17(24)16(11-14)23(4)18-8-9-27-33(18,31)22(2,3)21(25)29-23/h6-7,10-12,18,27,31H,8-9H2,1-5H3,(H2,25,29)(H,28,30)/t18-,23+/m0/s1. The summed E-state index contributed by atoms with van der Waals surface area (Å²) in [6, 6.07) is 6.08. The fraction of sp³-hybridized carbons (Fsp3) is 0.435. The van der Waals surface area contributed by atoms with Crippen LogP contribution in [0.4, 0.5) is 10.1 Å². The predicted octanol–water partition coefficient (Wildman–Crippen LogP) is 3.71. The zero-order valence-corrected chi connectivity index (χ0v) is 20.2. The van der Waals surface area contributed by atoms with Crippen LogP contribution < -0.4 is 20.5 Å². The Morgan fingerprint density at radius 2 is 2.09 bits per heavy atom. The third-order valence-electron chi connectivity index (χ3n) is 6.79. The molecule has 10 heteroatoms. The Balaban J connectivity index is 1.72. The highest BCUT2D eigenvalue weighted by molar-refractivity contribution is 8.29. The van der Waals surface area contributed by atoms with Gasteiger partial charge >= 0.3 is 0 Å². The Bertz CT molecular complexity index is 1160. The van der Waals surface area contributed by atoms with Crippen LogP contribution in [0.3, 0.4) is 0 Å². The molecule has 1 amide bonds. The highest BCUT2D eigenvalue weighted by atomic mass is 32.3. The van der Waals surface area contributed by atoms with Crippen LogP contribution in [-0.4, -0.2) is 44.9 Å². The van der Waals surface area contributed by atoms with Crippen LogP contribution in [0.2, 0.25) is 0 Å². The van der Waals surface area contributed by atoms with E-state index in [1.807, 2.05) is 13.8 Å². The normalized spacial score (nSPS) is 30.0. The topological polar surface area (TPSA) is 122 Å². The molecule has 1 aromatic heterocycles. The summed E-state index contributed by atoms with van der Waals surface area (Å²) < 4.78 is 34.4. The first-order valence-electron chi connectivity index (χ1n) is 10.7. The van der Waals surface area contributed by atoms with Crippen molar-refractivity contribution < 1.29 is 18.5 Å². The number of carbonyl (C=O) groups is 1. The van der Waals surface area contributed by atoms with Crippen LogP contribution in [0.1, 0.15) is 48.8 Å². The van der Waals surface area contributed by atoms with Crippen molar-refractivity contribution in [3.05, 3.63) is 53.1 Å². The summed E-state index contributed by atoms with van der Waals surface area (Å²) in [6.45, 7) is 7.88. The lowest BCUT2D eigenvalue weighted by Gasteiger charge is -2.56. The first-order chi connectivity index (χ1) is 15.4. The van der Waals surface area contributed by atoms with Crippen molar-refractivity contribution >= 4 is 27.9 Å². The van der Waals surface area contributed by atoms with E-state index < -0.39 is 32.5 Å². The first-order valence-corrected chi connectivity index (χ1v) is 12.4. The molecular weight excluding hydrogens is 445 g/mol. The predicted molar refractivity (Wildman–Crippen MR) is 130 cm³/mol. The number of nitrogens with two attached hydrogens (primary N) is 1. The number of benzene rings is 1. The lowest BCUT2D eigenvalue weighted by Crippen LogP contribution is -2.57. The van der Waals surface area contributed by atoms with E-state index in [0.29, 0.717) is 30.0 Å². The van der Waals surface area contributed by atoms with E-state index in [1.54, 1.807) is 26.0 Å². The molecule has 3 heterocycles. The first kappa shape index (κ1) is 23.5. The molecule has 0 aliphatic carbocycles. The van der Waals surface area contributed by atoms with Gasteiger partial charge in [-0.05, 0) is 63.9 Å². The maximum Gasteiger partial charge on any atom is 0.274 e. The van der Waals surface area contributed by atoms with Gasteiger partial charge in [0.15, 0.2) is 0 Å². The molecule has 0 saturated carbocycles. The molecule has 0 radical (unpaired) electrons. The number of ether oxygens (including phenoxy) is 1. The number of aliphatic imine (C=N–C) groups is 1. The fourth-order valence-electron chi connectivity index (χ4n) is 4.70. The van der Waals surface area contributed by atoms with Crippen molar-refractivity contribution in [3.8, 4) is 5.75 Å². The van der Waals surface area contributed by atoms with Gasteiger partial charge in [0, 0.05) is 17.8 Å². The monoisotopic (exact) mass is 475 g/mol. The number of hydrogen-bond donors (Lipinski definition) is 4. The quantitative estimate of drug-likeness (QED) is 0.535. The highest BCUT2D eigenvalue weighted by Crippen LogP contribution is 2.67. The molecule has 1 saturated heterocycles. The lowest BCUT2D eigenvalue weighted by molar-refractivity contribution is 0.102. The molecule has 0 bridgehead atoms. The Hall–Kier alpha value is -2.69. The second kappa shape index (κ2) is 7.96. The molecule has 5 N–H and O–H groups in total. The van der Waals surface area contributed by atoms with Gasteiger partial charge in [-0.15, -0.1) is 0 Å². The molecule has 1 aromatic carbocycles. The van der Waals surface area contributed by atoms with Gasteiger partial charge in [0.2, 0.25) is 0 Å². The number of amides is 1. The van der Waals surface area contributed by atoms with Crippen LogP contribution >= 0.6 is 10.5 Å². The van der Waals surface area contributed by atoms with Gasteiger partial charge in [0.05, 0.1) is 23.3 Å². The summed E-state index contributed by atoms with van der Waals surface area (Å²) in [7, 11) is -0.890. The molecule has 2 aliphatic heterocycles. The van der Waals surface area contributed by atoms with Gasteiger partial charge in [-0.3, -0.25) is 14.5 Å². The second-order valence-corrected chi connectivity index (χ2v) is 12.3. The number of halogens is 1. The average molecular weight is 476 g/mol. The van der Waals surface area contributed by atoms with Crippen LogP contribution in [0, 0.1) is 12.7 Å². The van der Waals surface area contributed by atoms with E-state index in [1.165, 1.54) is 25.4 Å². The van der Waals surface area contributed by atoms with Crippen LogP contribution in [0.15, 0.2) is 35.5 Å². The van der Waals surface area contributed by atoms with Crippen LogP contribution in [-0.2, 0) is 5.54 Å². The maximum absolute atomic E-state index is 15.2.